The van der Waals surface area contributed by atoms with Gasteiger partial charge in [0.1, 0.15) is 5.01 Å². The number of aryl methyl sites for hydroxylation is 1. The lowest BCUT2D eigenvalue weighted by molar-refractivity contribution is -0.132. The minimum Gasteiger partial charge on any atom is -0.464 e. The molecular formula is C19H24N2O4S. The van der Waals surface area contributed by atoms with Gasteiger partial charge in [-0.25, -0.2) is 9.78 Å². The van der Waals surface area contributed by atoms with E-state index in [0.29, 0.717) is 32.5 Å². The van der Waals surface area contributed by atoms with Crippen molar-refractivity contribution in [1.29, 1.82) is 0 Å². The summed E-state index contributed by atoms with van der Waals surface area (Å²) in [5, 5.41) is 2.37. The van der Waals surface area contributed by atoms with Crippen molar-refractivity contribution < 1.29 is 19.1 Å². The summed E-state index contributed by atoms with van der Waals surface area (Å²) in [6, 6.07) is 9.95. The Bertz CT molecular complexity index is 703. The predicted octanol–water partition coefficient (Wildman–Crippen LogP) is 2.93. The second-order valence-electron chi connectivity index (χ2n) is 5.77. The Kier molecular flexibility index (Phi) is 8.24. The fourth-order valence-corrected chi connectivity index (χ4v) is 3.27. The van der Waals surface area contributed by atoms with Crippen LogP contribution in [0.5, 0.6) is 0 Å². The number of esters is 1. The summed E-state index contributed by atoms with van der Waals surface area (Å²) < 4.78 is 9.77. The summed E-state index contributed by atoms with van der Waals surface area (Å²) in [6.07, 6.45) is 1.89. The van der Waals surface area contributed by atoms with Crippen LogP contribution in [0, 0.1) is 0 Å². The lowest BCUT2D eigenvalue weighted by atomic mass is 10.1. The summed E-state index contributed by atoms with van der Waals surface area (Å²) in [5.74, 6) is -0.395. The van der Waals surface area contributed by atoms with Gasteiger partial charge in [0.2, 0.25) is 5.91 Å². The third kappa shape index (κ3) is 6.24. The van der Waals surface area contributed by atoms with Gasteiger partial charge in [-0.1, -0.05) is 30.3 Å². The number of thiazole rings is 1. The number of carbonyl (C=O) groups excluding carboxylic acids is 2. The van der Waals surface area contributed by atoms with E-state index >= 15 is 0 Å². The van der Waals surface area contributed by atoms with E-state index in [1.165, 1.54) is 18.4 Å². The fraction of sp³-hybridized carbons (Fsp3) is 0.421. The number of methoxy groups -OCH3 is 2. The van der Waals surface area contributed by atoms with Gasteiger partial charge in [0.05, 0.1) is 13.7 Å². The first-order valence-corrected chi connectivity index (χ1v) is 9.35. The molecule has 140 valence electrons. The van der Waals surface area contributed by atoms with E-state index < -0.39 is 5.97 Å². The van der Waals surface area contributed by atoms with E-state index in [9.17, 15) is 9.59 Å². The van der Waals surface area contributed by atoms with Crippen LogP contribution in [0.25, 0.3) is 0 Å². The molecule has 0 aliphatic heterocycles. The molecule has 0 radical (unpaired) electrons. The van der Waals surface area contributed by atoms with Gasteiger partial charge < -0.3 is 14.4 Å². The molecule has 0 aliphatic rings. The Morgan fingerprint density at radius 3 is 2.65 bits per heavy atom. The minimum atomic E-state index is -0.464. The van der Waals surface area contributed by atoms with Crippen LogP contribution in [0.15, 0.2) is 35.7 Å². The molecule has 1 aromatic carbocycles. The zero-order valence-electron chi connectivity index (χ0n) is 15.1. The molecular weight excluding hydrogens is 352 g/mol. The molecule has 0 unspecified atom stereocenters. The number of nitrogens with zero attached hydrogens (tertiary/aromatic N) is 2. The van der Waals surface area contributed by atoms with Crippen molar-refractivity contribution in [3.63, 3.8) is 0 Å². The molecule has 0 atom stereocenters. The summed E-state index contributed by atoms with van der Waals surface area (Å²) in [6.45, 7) is 1.57. The highest BCUT2D eigenvalue weighted by Gasteiger charge is 2.17. The number of amides is 1. The van der Waals surface area contributed by atoms with Crippen LogP contribution in [0.2, 0.25) is 0 Å². The third-order valence-corrected chi connectivity index (χ3v) is 4.71. The number of hydrogen-bond donors (Lipinski definition) is 0. The Morgan fingerprint density at radius 1 is 1.19 bits per heavy atom. The van der Waals surface area contributed by atoms with Crippen molar-refractivity contribution in [2.24, 2.45) is 0 Å². The predicted molar refractivity (Wildman–Crippen MR) is 100 cm³/mol. The fourth-order valence-electron chi connectivity index (χ4n) is 2.49. The van der Waals surface area contributed by atoms with Gasteiger partial charge in [0.25, 0.3) is 0 Å². The number of aromatic nitrogens is 1. The molecule has 2 aromatic rings. The Hall–Kier alpha value is -2.25. The maximum atomic E-state index is 12.7. The number of benzene rings is 1. The van der Waals surface area contributed by atoms with Crippen molar-refractivity contribution >= 4 is 23.2 Å². The number of ether oxygens (including phenoxy) is 2. The normalized spacial score (nSPS) is 10.5. The van der Waals surface area contributed by atoms with E-state index in [1.807, 2.05) is 30.3 Å². The van der Waals surface area contributed by atoms with E-state index in [-0.39, 0.29) is 11.6 Å². The highest BCUT2D eigenvalue weighted by molar-refractivity contribution is 7.09. The first kappa shape index (κ1) is 20.1. The van der Waals surface area contributed by atoms with Gasteiger partial charge >= 0.3 is 5.97 Å². The molecule has 1 aromatic heterocycles. The maximum Gasteiger partial charge on any atom is 0.357 e. The first-order valence-electron chi connectivity index (χ1n) is 8.47. The third-order valence-electron chi connectivity index (χ3n) is 3.87. The largest absolute Gasteiger partial charge is 0.464 e. The van der Waals surface area contributed by atoms with Crippen LogP contribution in [0.1, 0.15) is 33.9 Å². The van der Waals surface area contributed by atoms with E-state index in [4.69, 9.17) is 4.74 Å². The highest BCUT2D eigenvalue weighted by Crippen LogP contribution is 2.15. The Labute approximate surface area is 157 Å². The standard InChI is InChI=1S/C19H24N2O4S/c1-24-12-6-11-21(13-17-20-16(14-26-17)19(23)25-2)18(22)10-9-15-7-4-3-5-8-15/h3-5,7-8,14H,6,9-13H2,1-2H3. The monoisotopic (exact) mass is 376 g/mol. The quantitative estimate of drug-likeness (QED) is 0.471. The van der Waals surface area contributed by atoms with Gasteiger partial charge in [-0.15, -0.1) is 11.3 Å². The van der Waals surface area contributed by atoms with E-state index in [2.05, 4.69) is 9.72 Å². The lowest BCUT2D eigenvalue weighted by Crippen LogP contribution is -2.32. The SMILES string of the molecule is COCCCN(Cc1nc(C(=O)OC)cs1)C(=O)CCc1ccccc1. The van der Waals surface area contributed by atoms with Crippen LogP contribution in [-0.2, 0) is 27.2 Å². The van der Waals surface area contributed by atoms with Gasteiger partial charge in [-0.05, 0) is 18.4 Å². The maximum absolute atomic E-state index is 12.7. The Morgan fingerprint density at radius 2 is 1.96 bits per heavy atom. The van der Waals surface area contributed by atoms with Gasteiger partial charge in [-0.2, -0.15) is 0 Å². The summed E-state index contributed by atoms with van der Waals surface area (Å²) >= 11 is 1.36. The molecule has 0 N–H and O–H groups in total. The molecule has 0 fully saturated rings. The molecule has 2 rings (SSSR count). The van der Waals surface area contributed by atoms with Gasteiger partial charge in [-0.3, -0.25) is 4.79 Å². The Balaban J connectivity index is 1.98. The molecule has 0 aliphatic carbocycles. The van der Waals surface area contributed by atoms with Crippen molar-refractivity contribution in [2.45, 2.75) is 25.8 Å². The van der Waals surface area contributed by atoms with Crippen molar-refractivity contribution in [3.8, 4) is 0 Å². The van der Waals surface area contributed by atoms with E-state index in [1.54, 1.807) is 17.4 Å². The van der Waals surface area contributed by atoms with Gasteiger partial charge in [0, 0.05) is 32.1 Å². The van der Waals surface area contributed by atoms with Gasteiger partial charge in [0.15, 0.2) is 5.69 Å². The van der Waals surface area contributed by atoms with Crippen LogP contribution in [0.3, 0.4) is 0 Å². The molecule has 26 heavy (non-hydrogen) atoms. The van der Waals surface area contributed by atoms with Crippen molar-refractivity contribution in [1.82, 2.24) is 9.88 Å². The molecule has 0 saturated heterocycles. The van der Waals surface area contributed by atoms with Crippen LogP contribution < -0.4 is 0 Å². The number of carbonyl (C=O) groups is 2. The molecule has 1 heterocycles. The number of rotatable bonds is 10. The molecule has 6 nitrogen and oxygen atoms in total. The topological polar surface area (TPSA) is 68.7 Å². The first-order chi connectivity index (χ1) is 12.6. The summed E-state index contributed by atoms with van der Waals surface area (Å²) in [5.41, 5.74) is 1.42. The molecule has 0 bridgehead atoms. The average Bonchev–Trinajstić information content (AvgIpc) is 3.14. The van der Waals surface area contributed by atoms with Crippen LogP contribution >= 0.6 is 11.3 Å². The van der Waals surface area contributed by atoms with Crippen LogP contribution in [-0.4, -0.2) is 49.1 Å². The van der Waals surface area contributed by atoms with Crippen molar-refractivity contribution in [2.75, 3.05) is 27.4 Å². The minimum absolute atomic E-state index is 0.0692. The lowest BCUT2D eigenvalue weighted by Gasteiger charge is -2.21. The second-order valence-corrected chi connectivity index (χ2v) is 6.71. The molecule has 1 amide bonds. The zero-order chi connectivity index (χ0) is 18.8. The van der Waals surface area contributed by atoms with Crippen molar-refractivity contribution in [3.05, 3.63) is 52.0 Å². The molecule has 0 saturated carbocycles. The summed E-state index contributed by atoms with van der Waals surface area (Å²) in [4.78, 5) is 30.3. The number of hydrogen-bond acceptors (Lipinski definition) is 6. The average molecular weight is 376 g/mol. The smallest absolute Gasteiger partial charge is 0.357 e. The molecule has 0 spiro atoms. The molecule has 7 heteroatoms. The zero-order valence-corrected chi connectivity index (χ0v) is 16.0. The van der Waals surface area contributed by atoms with E-state index in [0.717, 1.165) is 17.0 Å². The highest BCUT2D eigenvalue weighted by atomic mass is 32.1. The van der Waals surface area contributed by atoms with Crippen LogP contribution in [0.4, 0.5) is 0 Å². The summed E-state index contributed by atoms with van der Waals surface area (Å²) in [7, 11) is 2.97. The second kappa shape index (κ2) is 10.7.